The van der Waals surface area contributed by atoms with Crippen LogP contribution in [-0.4, -0.2) is 23.9 Å². The molecule has 3 amide bonds. The van der Waals surface area contributed by atoms with Crippen molar-refractivity contribution in [1.29, 1.82) is 0 Å². The van der Waals surface area contributed by atoms with Crippen LogP contribution in [0.3, 0.4) is 0 Å². The number of nitrogens with one attached hydrogen (secondary N) is 1. The Hall–Kier alpha value is -2.56. The number of amides is 3. The van der Waals surface area contributed by atoms with E-state index in [4.69, 9.17) is 4.42 Å². The Bertz CT molecular complexity index is 549. The molecule has 2 aromatic rings. The van der Waals surface area contributed by atoms with Gasteiger partial charge in [0, 0.05) is 13.6 Å². The van der Waals surface area contributed by atoms with Gasteiger partial charge in [-0.25, -0.2) is 4.79 Å². The van der Waals surface area contributed by atoms with E-state index in [2.05, 4.69) is 5.32 Å². The van der Waals surface area contributed by atoms with Gasteiger partial charge in [0.15, 0.2) is 5.76 Å². The summed E-state index contributed by atoms with van der Waals surface area (Å²) in [4.78, 5) is 24.9. The highest BCUT2D eigenvalue weighted by molar-refractivity contribution is 6.02. The fourth-order valence-corrected chi connectivity index (χ4v) is 1.59. The van der Waals surface area contributed by atoms with Crippen LogP contribution >= 0.6 is 0 Å². The molecule has 5 heteroatoms. The Morgan fingerprint density at radius 3 is 2.53 bits per heavy atom. The van der Waals surface area contributed by atoms with Gasteiger partial charge in [-0.15, -0.1) is 0 Å². The molecule has 1 heterocycles. The number of carbonyl (C=O) groups excluding carboxylic acids is 2. The summed E-state index contributed by atoms with van der Waals surface area (Å²) >= 11 is 0. The Kier molecular flexibility index (Phi) is 3.97. The second-order valence-electron chi connectivity index (χ2n) is 4.08. The summed E-state index contributed by atoms with van der Waals surface area (Å²) < 4.78 is 4.91. The zero-order chi connectivity index (χ0) is 13.7. The van der Waals surface area contributed by atoms with Crippen LogP contribution in [-0.2, 0) is 6.54 Å². The van der Waals surface area contributed by atoms with Crippen LogP contribution in [0.1, 0.15) is 16.1 Å². The van der Waals surface area contributed by atoms with Crippen LogP contribution in [0.2, 0.25) is 0 Å². The van der Waals surface area contributed by atoms with Crippen LogP contribution in [0.5, 0.6) is 0 Å². The highest BCUT2D eigenvalue weighted by atomic mass is 16.3. The van der Waals surface area contributed by atoms with E-state index in [0.29, 0.717) is 6.54 Å². The third-order valence-corrected chi connectivity index (χ3v) is 2.57. The summed E-state index contributed by atoms with van der Waals surface area (Å²) in [6, 6.07) is 12.2. The van der Waals surface area contributed by atoms with Gasteiger partial charge in [0.25, 0.3) is 5.91 Å². The SMILES string of the molecule is CN(Cc1ccccc1)C(=O)NC(=O)c1ccco1. The Morgan fingerprint density at radius 1 is 1.16 bits per heavy atom. The molecule has 0 bridgehead atoms. The van der Waals surface area contributed by atoms with Crippen LogP contribution in [0.4, 0.5) is 4.79 Å². The molecule has 2 rings (SSSR count). The van der Waals surface area contributed by atoms with Crippen molar-refractivity contribution in [3.8, 4) is 0 Å². The first-order chi connectivity index (χ1) is 9.16. The second-order valence-corrected chi connectivity index (χ2v) is 4.08. The van der Waals surface area contributed by atoms with E-state index in [1.807, 2.05) is 30.3 Å². The molecule has 1 aromatic carbocycles. The molecule has 0 aliphatic rings. The summed E-state index contributed by atoms with van der Waals surface area (Å²) in [6.07, 6.45) is 1.38. The predicted octanol–water partition coefficient (Wildman–Crippen LogP) is 2.26. The predicted molar refractivity (Wildman–Crippen MR) is 69.5 cm³/mol. The highest BCUT2D eigenvalue weighted by Gasteiger charge is 2.15. The van der Waals surface area contributed by atoms with E-state index in [0.717, 1.165) is 5.56 Å². The third kappa shape index (κ3) is 3.45. The lowest BCUT2D eigenvalue weighted by atomic mass is 10.2. The summed E-state index contributed by atoms with van der Waals surface area (Å²) in [6.45, 7) is 0.429. The molecule has 19 heavy (non-hydrogen) atoms. The number of carbonyl (C=O) groups is 2. The van der Waals surface area contributed by atoms with Crippen LogP contribution < -0.4 is 5.32 Å². The van der Waals surface area contributed by atoms with Crippen molar-refractivity contribution in [1.82, 2.24) is 10.2 Å². The molecule has 1 N–H and O–H groups in total. The van der Waals surface area contributed by atoms with E-state index in [-0.39, 0.29) is 5.76 Å². The second kappa shape index (κ2) is 5.86. The molecule has 0 atom stereocenters. The van der Waals surface area contributed by atoms with Gasteiger partial charge in [0.2, 0.25) is 0 Å². The molecule has 5 nitrogen and oxygen atoms in total. The maximum absolute atomic E-state index is 11.8. The van der Waals surface area contributed by atoms with E-state index < -0.39 is 11.9 Å². The van der Waals surface area contributed by atoms with Crippen molar-refractivity contribution in [3.05, 3.63) is 60.1 Å². The first kappa shape index (κ1) is 12.9. The number of urea groups is 1. The first-order valence-corrected chi connectivity index (χ1v) is 5.80. The lowest BCUT2D eigenvalue weighted by Gasteiger charge is -2.16. The largest absolute Gasteiger partial charge is 0.459 e. The zero-order valence-corrected chi connectivity index (χ0v) is 10.5. The van der Waals surface area contributed by atoms with Crippen molar-refractivity contribution in [2.75, 3.05) is 7.05 Å². The van der Waals surface area contributed by atoms with Gasteiger partial charge in [0.1, 0.15) is 0 Å². The van der Waals surface area contributed by atoms with E-state index in [9.17, 15) is 9.59 Å². The summed E-state index contributed by atoms with van der Waals surface area (Å²) in [7, 11) is 1.62. The average Bonchev–Trinajstić information content (AvgIpc) is 2.93. The molecule has 98 valence electrons. The van der Waals surface area contributed by atoms with E-state index in [1.54, 1.807) is 13.1 Å². The van der Waals surface area contributed by atoms with Crippen molar-refractivity contribution in [2.45, 2.75) is 6.54 Å². The van der Waals surface area contributed by atoms with E-state index >= 15 is 0 Å². The first-order valence-electron chi connectivity index (χ1n) is 5.80. The molecule has 0 spiro atoms. The Morgan fingerprint density at radius 2 is 1.89 bits per heavy atom. The molecular formula is C14H14N2O3. The van der Waals surface area contributed by atoms with Crippen LogP contribution in [0, 0.1) is 0 Å². The van der Waals surface area contributed by atoms with Crippen LogP contribution in [0.25, 0.3) is 0 Å². The Labute approximate surface area is 110 Å². The molecule has 0 radical (unpaired) electrons. The maximum atomic E-state index is 11.8. The molecule has 0 saturated carbocycles. The summed E-state index contributed by atoms with van der Waals surface area (Å²) in [5.74, 6) is -0.434. The van der Waals surface area contributed by atoms with Gasteiger partial charge in [-0.1, -0.05) is 30.3 Å². The number of nitrogens with zero attached hydrogens (tertiary/aromatic N) is 1. The lowest BCUT2D eigenvalue weighted by Crippen LogP contribution is -2.40. The standard InChI is InChI=1S/C14H14N2O3/c1-16(10-11-6-3-2-4-7-11)14(18)15-13(17)12-8-5-9-19-12/h2-9H,10H2,1H3,(H,15,17,18). The normalized spacial score (nSPS) is 9.95. The number of hydrogen-bond acceptors (Lipinski definition) is 3. The monoisotopic (exact) mass is 258 g/mol. The van der Waals surface area contributed by atoms with Crippen LogP contribution in [0.15, 0.2) is 53.1 Å². The van der Waals surface area contributed by atoms with Gasteiger partial charge in [-0.05, 0) is 17.7 Å². The number of rotatable bonds is 3. The van der Waals surface area contributed by atoms with Gasteiger partial charge in [-0.2, -0.15) is 0 Å². The van der Waals surface area contributed by atoms with Gasteiger partial charge in [-0.3, -0.25) is 10.1 Å². The van der Waals surface area contributed by atoms with Crippen molar-refractivity contribution < 1.29 is 14.0 Å². The maximum Gasteiger partial charge on any atom is 0.324 e. The lowest BCUT2D eigenvalue weighted by molar-refractivity contribution is 0.0926. The molecule has 1 aromatic heterocycles. The van der Waals surface area contributed by atoms with Gasteiger partial charge in [0.05, 0.1) is 6.26 Å². The van der Waals surface area contributed by atoms with Crippen molar-refractivity contribution in [2.24, 2.45) is 0 Å². The minimum absolute atomic E-state index is 0.112. The molecule has 0 unspecified atom stereocenters. The minimum atomic E-state index is -0.546. The summed E-state index contributed by atoms with van der Waals surface area (Å²) in [5.41, 5.74) is 0.991. The molecule has 0 saturated heterocycles. The highest BCUT2D eigenvalue weighted by Crippen LogP contribution is 2.04. The van der Waals surface area contributed by atoms with Crippen molar-refractivity contribution in [3.63, 3.8) is 0 Å². The smallest absolute Gasteiger partial charge is 0.324 e. The fourth-order valence-electron chi connectivity index (χ4n) is 1.59. The average molecular weight is 258 g/mol. The van der Waals surface area contributed by atoms with E-state index in [1.165, 1.54) is 17.2 Å². The Balaban J connectivity index is 1.91. The number of benzene rings is 1. The minimum Gasteiger partial charge on any atom is -0.459 e. The molecule has 0 aliphatic carbocycles. The molecule has 0 aliphatic heterocycles. The zero-order valence-electron chi connectivity index (χ0n) is 10.5. The number of imide groups is 1. The van der Waals surface area contributed by atoms with Gasteiger partial charge >= 0.3 is 6.03 Å². The molecule has 0 fully saturated rings. The molecular weight excluding hydrogens is 244 g/mol. The van der Waals surface area contributed by atoms with Gasteiger partial charge < -0.3 is 9.32 Å². The quantitative estimate of drug-likeness (QED) is 0.918. The van der Waals surface area contributed by atoms with Crippen molar-refractivity contribution >= 4 is 11.9 Å². The number of hydrogen-bond donors (Lipinski definition) is 1. The topological polar surface area (TPSA) is 62.6 Å². The fraction of sp³-hybridized carbons (Fsp3) is 0.143. The third-order valence-electron chi connectivity index (χ3n) is 2.57. The summed E-state index contributed by atoms with van der Waals surface area (Å²) in [5, 5.41) is 2.26. The number of furan rings is 1.